The molecular formula is C23H33ClIN5O. The summed E-state index contributed by atoms with van der Waals surface area (Å²) in [5.41, 5.74) is 2.16. The van der Waals surface area contributed by atoms with Crippen LogP contribution in [-0.2, 0) is 11.3 Å². The van der Waals surface area contributed by atoms with Gasteiger partial charge in [0.1, 0.15) is 6.10 Å². The van der Waals surface area contributed by atoms with E-state index in [2.05, 4.69) is 33.5 Å². The van der Waals surface area contributed by atoms with Crippen LogP contribution in [0.15, 0.2) is 53.7 Å². The minimum atomic E-state index is -0.126. The Balaban J connectivity index is 0.00000341. The molecule has 0 aliphatic carbocycles. The molecule has 1 fully saturated rings. The van der Waals surface area contributed by atoms with E-state index in [4.69, 9.17) is 21.3 Å². The first-order valence-electron chi connectivity index (χ1n) is 10.6. The van der Waals surface area contributed by atoms with Gasteiger partial charge in [0.2, 0.25) is 0 Å². The Morgan fingerprint density at radius 1 is 1.26 bits per heavy atom. The van der Waals surface area contributed by atoms with Crippen molar-refractivity contribution in [2.45, 2.75) is 38.5 Å². The quantitative estimate of drug-likeness (QED) is 0.289. The van der Waals surface area contributed by atoms with Crippen LogP contribution < -0.4 is 10.6 Å². The molecule has 0 bridgehead atoms. The first-order chi connectivity index (χ1) is 14.7. The molecule has 0 radical (unpaired) electrons. The molecule has 1 aromatic heterocycles. The van der Waals surface area contributed by atoms with Crippen LogP contribution in [0.25, 0.3) is 0 Å². The summed E-state index contributed by atoms with van der Waals surface area (Å²) in [5, 5.41) is 7.66. The van der Waals surface area contributed by atoms with Crippen LogP contribution >= 0.6 is 35.6 Å². The lowest BCUT2D eigenvalue weighted by molar-refractivity contribution is 0.111. The molecule has 170 valence electrons. The molecule has 1 unspecified atom stereocenters. The lowest BCUT2D eigenvalue weighted by Crippen LogP contribution is -2.48. The van der Waals surface area contributed by atoms with Gasteiger partial charge in [-0.25, -0.2) is 0 Å². The fourth-order valence-electron chi connectivity index (χ4n) is 3.67. The Hall–Kier alpha value is -1.42. The van der Waals surface area contributed by atoms with Crippen LogP contribution in [0.3, 0.4) is 0 Å². The van der Waals surface area contributed by atoms with Gasteiger partial charge in [0, 0.05) is 50.6 Å². The molecule has 2 aromatic rings. The van der Waals surface area contributed by atoms with E-state index < -0.39 is 0 Å². The van der Waals surface area contributed by atoms with Crippen molar-refractivity contribution in [3.63, 3.8) is 0 Å². The van der Waals surface area contributed by atoms with Gasteiger partial charge in [-0.2, -0.15) is 0 Å². The molecule has 1 saturated heterocycles. The largest absolute Gasteiger partial charge is 0.375 e. The first kappa shape index (κ1) is 25.8. The minimum absolute atomic E-state index is 0. The number of guanidine groups is 1. The Morgan fingerprint density at radius 2 is 2.06 bits per heavy atom. The van der Waals surface area contributed by atoms with Gasteiger partial charge < -0.3 is 15.4 Å². The average molecular weight is 558 g/mol. The Labute approximate surface area is 207 Å². The number of nitrogens with zero attached hydrogens (tertiary/aromatic N) is 3. The number of benzene rings is 1. The van der Waals surface area contributed by atoms with Crippen molar-refractivity contribution in [2.75, 3.05) is 33.3 Å². The van der Waals surface area contributed by atoms with Gasteiger partial charge in [-0.05, 0) is 49.6 Å². The van der Waals surface area contributed by atoms with Crippen molar-refractivity contribution in [3.05, 3.63) is 64.9 Å². The van der Waals surface area contributed by atoms with Crippen molar-refractivity contribution in [1.29, 1.82) is 0 Å². The van der Waals surface area contributed by atoms with Crippen LogP contribution in [-0.4, -0.2) is 55.2 Å². The van der Waals surface area contributed by atoms with E-state index in [1.807, 2.05) is 42.6 Å². The van der Waals surface area contributed by atoms with Gasteiger partial charge in [-0.3, -0.25) is 14.9 Å². The highest BCUT2D eigenvalue weighted by molar-refractivity contribution is 14.0. The fraction of sp³-hybridized carbons (Fsp3) is 0.478. The van der Waals surface area contributed by atoms with Gasteiger partial charge in [0.15, 0.2) is 5.96 Å². The molecular weight excluding hydrogens is 525 g/mol. The number of aromatic nitrogens is 1. The van der Waals surface area contributed by atoms with Gasteiger partial charge >= 0.3 is 0 Å². The van der Waals surface area contributed by atoms with Crippen LogP contribution in [0.5, 0.6) is 0 Å². The van der Waals surface area contributed by atoms with Crippen LogP contribution in [0.1, 0.15) is 37.1 Å². The highest BCUT2D eigenvalue weighted by Gasteiger charge is 2.20. The summed E-state index contributed by atoms with van der Waals surface area (Å²) < 4.78 is 5.65. The van der Waals surface area contributed by atoms with E-state index >= 15 is 0 Å². The zero-order valence-electron chi connectivity index (χ0n) is 18.3. The second-order valence-electron chi connectivity index (χ2n) is 7.51. The fourth-order valence-corrected chi connectivity index (χ4v) is 3.87. The summed E-state index contributed by atoms with van der Waals surface area (Å²) in [6.07, 6.45) is 3.90. The number of halogens is 2. The molecule has 1 aromatic carbocycles. The third kappa shape index (κ3) is 8.56. The molecule has 1 atom stereocenters. The number of nitrogens with one attached hydrogen (secondary N) is 2. The molecule has 0 amide bonds. The third-order valence-electron chi connectivity index (χ3n) is 5.30. The highest BCUT2D eigenvalue weighted by Crippen LogP contribution is 2.21. The second-order valence-corrected chi connectivity index (χ2v) is 7.95. The predicted octanol–water partition coefficient (Wildman–Crippen LogP) is 4.26. The highest BCUT2D eigenvalue weighted by atomic mass is 127. The number of hydrogen-bond donors (Lipinski definition) is 2. The summed E-state index contributed by atoms with van der Waals surface area (Å²) in [6.45, 7) is 6.45. The summed E-state index contributed by atoms with van der Waals surface area (Å²) in [6, 6.07) is 14.3. The molecule has 1 aliphatic rings. The van der Waals surface area contributed by atoms with Crippen molar-refractivity contribution in [3.8, 4) is 0 Å². The standard InChI is InChI=1S/C23H32ClN5O.HI/c1-3-25-23(27-16-22(30-2)18-7-6-8-19(24)15-18)28-20-10-13-29(14-11-20)17-21-9-4-5-12-26-21;/h4-9,12,15,20,22H,3,10-11,13-14,16-17H2,1-2H3,(H2,25,27,28);1H. The molecule has 6 nitrogen and oxygen atoms in total. The molecule has 3 rings (SSSR count). The molecule has 1 aliphatic heterocycles. The Bertz CT molecular complexity index is 800. The van der Waals surface area contributed by atoms with Crippen molar-refractivity contribution >= 4 is 41.5 Å². The number of pyridine rings is 1. The monoisotopic (exact) mass is 557 g/mol. The normalized spacial score (nSPS) is 16.4. The Morgan fingerprint density at radius 3 is 2.71 bits per heavy atom. The maximum absolute atomic E-state index is 6.13. The van der Waals surface area contributed by atoms with Crippen LogP contribution in [0.4, 0.5) is 0 Å². The first-order valence-corrected chi connectivity index (χ1v) is 11.0. The zero-order valence-corrected chi connectivity index (χ0v) is 21.3. The summed E-state index contributed by atoms with van der Waals surface area (Å²) in [4.78, 5) is 11.7. The number of hydrogen-bond acceptors (Lipinski definition) is 4. The number of aliphatic imine (C=N–C) groups is 1. The molecule has 0 spiro atoms. The SMILES string of the molecule is CCNC(=NCC(OC)c1cccc(Cl)c1)NC1CCN(Cc2ccccn2)CC1.I. The molecule has 2 heterocycles. The van der Waals surface area contributed by atoms with Gasteiger partial charge in [0.05, 0.1) is 12.2 Å². The minimum Gasteiger partial charge on any atom is -0.375 e. The molecule has 8 heteroatoms. The van der Waals surface area contributed by atoms with Crippen molar-refractivity contribution in [2.24, 2.45) is 4.99 Å². The molecule has 0 saturated carbocycles. The maximum atomic E-state index is 6.13. The van der Waals surface area contributed by atoms with Crippen molar-refractivity contribution in [1.82, 2.24) is 20.5 Å². The van der Waals surface area contributed by atoms with Crippen LogP contribution in [0.2, 0.25) is 5.02 Å². The van der Waals surface area contributed by atoms with Crippen molar-refractivity contribution < 1.29 is 4.74 Å². The van der Waals surface area contributed by atoms with E-state index in [0.717, 1.165) is 56.2 Å². The van der Waals surface area contributed by atoms with E-state index in [1.165, 1.54) is 0 Å². The Kier molecular flexibility index (Phi) is 11.6. The van der Waals surface area contributed by atoms with Gasteiger partial charge in [-0.15, -0.1) is 24.0 Å². The lowest BCUT2D eigenvalue weighted by Gasteiger charge is -2.33. The summed E-state index contributed by atoms with van der Waals surface area (Å²) in [5.74, 6) is 0.838. The zero-order chi connectivity index (χ0) is 21.2. The van der Waals surface area contributed by atoms with E-state index in [-0.39, 0.29) is 30.1 Å². The maximum Gasteiger partial charge on any atom is 0.191 e. The van der Waals surface area contributed by atoms with E-state index in [0.29, 0.717) is 17.6 Å². The molecule has 2 N–H and O–H groups in total. The van der Waals surface area contributed by atoms with Crippen LogP contribution in [0, 0.1) is 0 Å². The number of ether oxygens (including phenoxy) is 1. The van der Waals surface area contributed by atoms with Gasteiger partial charge in [-0.1, -0.05) is 29.8 Å². The summed E-state index contributed by atoms with van der Waals surface area (Å²) >= 11 is 6.13. The number of methoxy groups -OCH3 is 1. The second kappa shape index (κ2) is 13.9. The summed E-state index contributed by atoms with van der Waals surface area (Å²) in [7, 11) is 1.71. The third-order valence-corrected chi connectivity index (χ3v) is 5.54. The number of piperidine rings is 1. The van der Waals surface area contributed by atoms with E-state index in [1.54, 1.807) is 7.11 Å². The predicted molar refractivity (Wildman–Crippen MR) is 138 cm³/mol. The van der Waals surface area contributed by atoms with E-state index in [9.17, 15) is 0 Å². The molecule has 31 heavy (non-hydrogen) atoms. The number of rotatable bonds is 8. The lowest BCUT2D eigenvalue weighted by atomic mass is 10.0. The topological polar surface area (TPSA) is 61.8 Å². The van der Waals surface area contributed by atoms with Gasteiger partial charge in [0.25, 0.3) is 0 Å². The average Bonchev–Trinajstić information content (AvgIpc) is 2.76. The number of likely N-dealkylation sites (tertiary alicyclic amines) is 1. The smallest absolute Gasteiger partial charge is 0.191 e.